The second-order valence-corrected chi connectivity index (χ2v) is 11.7. The quantitative estimate of drug-likeness (QED) is 0.490. The van der Waals surface area contributed by atoms with Gasteiger partial charge in [-0.3, -0.25) is 13.9 Å². The number of sulfonamides is 1. The molecule has 0 aliphatic rings. The molecule has 0 aliphatic carbocycles. The van der Waals surface area contributed by atoms with E-state index in [0.717, 1.165) is 21.7 Å². The van der Waals surface area contributed by atoms with Crippen LogP contribution < -0.4 is 14.4 Å². The highest BCUT2D eigenvalue weighted by molar-refractivity contribution is 7.92. The van der Waals surface area contributed by atoms with Crippen molar-refractivity contribution >= 4 is 27.5 Å². The van der Waals surface area contributed by atoms with Crippen LogP contribution in [0, 0.1) is 0 Å². The number of nitrogens with one attached hydrogen (secondary N) is 1. The van der Waals surface area contributed by atoms with Crippen LogP contribution in [0.3, 0.4) is 0 Å². The van der Waals surface area contributed by atoms with Crippen molar-refractivity contribution in [2.45, 2.75) is 59.0 Å². The monoisotopic (exact) mass is 517 g/mol. The minimum atomic E-state index is -3.77. The van der Waals surface area contributed by atoms with E-state index in [9.17, 15) is 18.0 Å². The van der Waals surface area contributed by atoms with Gasteiger partial charge in [-0.05, 0) is 54.2 Å². The Bertz CT molecular complexity index is 1120. The van der Waals surface area contributed by atoms with Gasteiger partial charge in [-0.2, -0.15) is 0 Å². The first kappa shape index (κ1) is 29.2. The van der Waals surface area contributed by atoms with Crippen LogP contribution in [0.1, 0.15) is 52.2 Å². The van der Waals surface area contributed by atoms with Crippen molar-refractivity contribution in [3.05, 3.63) is 59.7 Å². The van der Waals surface area contributed by atoms with Crippen molar-refractivity contribution in [2.75, 3.05) is 30.8 Å². The Morgan fingerprint density at radius 1 is 1.00 bits per heavy atom. The number of methoxy groups -OCH3 is 1. The first-order chi connectivity index (χ1) is 16.8. The molecule has 0 saturated carbocycles. The smallest absolute Gasteiger partial charge is 0.244 e. The van der Waals surface area contributed by atoms with E-state index in [1.165, 1.54) is 4.90 Å². The standard InChI is InChI=1S/C27H39N3O5S/c1-8-24(26(32)28-9-2)29(18-20-10-16-23(35-6)17-11-20)25(31)19-30(36(7,33)34)22-14-12-21(13-15-22)27(3,4)5/h10-17,24H,8-9,18-19H2,1-7H3,(H,28,32). The summed E-state index contributed by atoms with van der Waals surface area (Å²) in [5.41, 5.74) is 2.15. The maximum absolute atomic E-state index is 13.7. The molecule has 2 aromatic rings. The summed E-state index contributed by atoms with van der Waals surface area (Å²) in [4.78, 5) is 27.9. The van der Waals surface area contributed by atoms with Crippen molar-refractivity contribution < 1.29 is 22.7 Å². The largest absolute Gasteiger partial charge is 0.497 e. The zero-order valence-corrected chi connectivity index (χ0v) is 23.2. The Kier molecular flexibility index (Phi) is 9.93. The fourth-order valence-corrected chi connectivity index (χ4v) is 4.73. The highest BCUT2D eigenvalue weighted by Crippen LogP contribution is 2.26. The fourth-order valence-electron chi connectivity index (χ4n) is 3.88. The van der Waals surface area contributed by atoms with Crippen LogP contribution in [0.15, 0.2) is 48.5 Å². The van der Waals surface area contributed by atoms with Gasteiger partial charge < -0.3 is 15.0 Å². The number of hydrogen-bond donors (Lipinski definition) is 1. The lowest BCUT2D eigenvalue weighted by Crippen LogP contribution is -2.52. The molecule has 0 aromatic heterocycles. The Labute approximate surface area is 215 Å². The van der Waals surface area contributed by atoms with Gasteiger partial charge in [0, 0.05) is 13.1 Å². The Balaban J connectivity index is 2.43. The van der Waals surface area contributed by atoms with E-state index in [4.69, 9.17) is 4.74 Å². The molecule has 0 radical (unpaired) electrons. The Morgan fingerprint density at radius 2 is 1.58 bits per heavy atom. The number of amides is 2. The van der Waals surface area contributed by atoms with Gasteiger partial charge in [0.2, 0.25) is 21.8 Å². The predicted octanol–water partition coefficient (Wildman–Crippen LogP) is 3.70. The van der Waals surface area contributed by atoms with Gasteiger partial charge in [0.05, 0.1) is 19.1 Å². The SMILES string of the molecule is CCNC(=O)C(CC)N(Cc1ccc(OC)cc1)C(=O)CN(c1ccc(C(C)(C)C)cc1)S(C)(=O)=O. The van der Waals surface area contributed by atoms with Gasteiger partial charge in [0.1, 0.15) is 18.3 Å². The summed E-state index contributed by atoms with van der Waals surface area (Å²) in [6.45, 7) is 10.0. The van der Waals surface area contributed by atoms with Gasteiger partial charge in [-0.15, -0.1) is 0 Å². The number of carbonyl (C=O) groups is 2. The van der Waals surface area contributed by atoms with Crippen molar-refractivity contribution in [3.63, 3.8) is 0 Å². The second kappa shape index (κ2) is 12.3. The van der Waals surface area contributed by atoms with Crippen LogP contribution in [0.2, 0.25) is 0 Å². The lowest BCUT2D eigenvalue weighted by molar-refractivity contribution is -0.140. The van der Waals surface area contributed by atoms with Gasteiger partial charge in [-0.1, -0.05) is 52.0 Å². The number of benzene rings is 2. The zero-order valence-electron chi connectivity index (χ0n) is 22.4. The van der Waals surface area contributed by atoms with Crippen molar-refractivity contribution in [3.8, 4) is 5.75 Å². The van der Waals surface area contributed by atoms with E-state index >= 15 is 0 Å². The van der Waals surface area contributed by atoms with Gasteiger partial charge >= 0.3 is 0 Å². The lowest BCUT2D eigenvalue weighted by atomic mass is 9.87. The Hall–Kier alpha value is -3.07. The summed E-state index contributed by atoms with van der Waals surface area (Å²) >= 11 is 0. The Morgan fingerprint density at radius 3 is 2.03 bits per heavy atom. The molecule has 2 aromatic carbocycles. The van der Waals surface area contributed by atoms with Crippen LogP contribution in [0.25, 0.3) is 0 Å². The maximum Gasteiger partial charge on any atom is 0.244 e. The van der Waals surface area contributed by atoms with Crippen LogP contribution in [0.5, 0.6) is 5.75 Å². The van der Waals surface area contributed by atoms with Crippen LogP contribution in [-0.4, -0.2) is 57.6 Å². The molecular formula is C27H39N3O5S. The molecular weight excluding hydrogens is 478 g/mol. The molecule has 1 N–H and O–H groups in total. The van der Waals surface area contributed by atoms with Crippen LogP contribution in [0.4, 0.5) is 5.69 Å². The topological polar surface area (TPSA) is 96.0 Å². The highest BCUT2D eigenvalue weighted by atomic mass is 32.2. The summed E-state index contributed by atoms with van der Waals surface area (Å²) in [7, 11) is -2.20. The van der Waals surface area contributed by atoms with Crippen LogP contribution >= 0.6 is 0 Å². The van der Waals surface area contributed by atoms with E-state index in [2.05, 4.69) is 26.1 Å². The molecule has 0 heterocycles. The molecule has 1 unspecified atom stereocenters. The van der Waals surface area contributed by atoms with Crippen LogP contribution in [-0.2, 0) is 31.6 Å². The van der Waals surface area contributed by atoms with Crippen molar-refractivity contribution in [1.29, 1.82) is 0 Å². The van der Waals surface area contributed by atoms with Gasteiger partial charge in [-0.25, -0.2) is 8.42 Å². The summed E-state index contributed by atoms with van der Waals surface area (Å²) in [5.74, 6) is -0.0640. The molecule has 0 fully saturated rings. The van der Waals surface area contributed by atoms with Crippen molar-refractivity contribution in [2.24, 2.45) is 0 Å². The minimum Gasteiger partial charge on any atom is -0.497 e. The van der Waals surface area contributed by atoms with E-state index in [-0.39, 0.29) is 17.9 Å². The van der Waals surface area contributed by atoms with Crippen molar-refractivity contribution in [1.82, 2.24) is 10.2 Å². The summed E-state index contributed by atoms with van der Waals surface area (Å²) < 4.78 is 31.8. The third-order valence-corrected chi connectivity index (χ3v) is 7.09. The van der Waals surface area contributed by atoms with E-state index in [1.54, 1.807) is 31.4 Å². The lowest BCUT2D eigenvalue weighted by Gasteiger charge is -2.33. The third kappa shape index (κ3) is 7.71. The number of nitrogens with zero attached hydrogens (tertiary/aromatic N) is 2. The first-order valence-corrected chi connectivity index (χ1v) is 13.9. The van der Waals surface area contributed by atoms with E-state index < -0.39 is 28.5 Å². The molecule has 2 amide bonds. The number of anilines is 1. The van der Waals surface area contributed by atoms with Gasteiger partial charge in [0.25, 0.3) is 0 Å². The van der Waals surface area contributed by atoms with Gasteiger partial charge in [0.15, 0.2) is 0 Å². The van der Waals surface area contributed by atoms with E-state index in [0.29, 0.717) is 24.4 Å². The normalized spacial score (nSPS) is 12.5. The molecule has 0 bridgehead atoms. The molecule has 9 heteroatoms. The zero-order chi connectivity index (χ0) is 27.1. The number of ether oxygens (including phenoxy) is 1. The number of hydrogen-bond acceptors (Lipinski definition) is 5. The third-order valence-electron chi connectivity index (χ3n) is 5.95. The first-order valence-electron chi connectivity index (χ1n) is 12.1. The number of carbonyl (C=O) groups excluding carboxylic acids is 2. The highest BCUT2D eigenvalue weighted by Gasteiger charge is 2.31. The summed E-state index contributed by atoms with van der Waals surface area (Å²) in [6, 6.07) is 13.6. The molecule has 36 heavy (non-hydrogen) atoms. The minimum absolute atomic E-state index is 0.0968. The summed E-state index contributed by atoms with van der Waals surface area (Å²) in [5, 5.41) is 2.79. The average molecular weight is 518 g/mol. The maximum atomic E-state index is 13.7. The molecule has 0 aliphatic heterocycles. The molecule has 0 saturated heterocycles. The number of likely N-dealkylation sites (N-methyl/N-ethyl adjacent to an activating group) is 1. The molecule has 8 nitrogen and oxygen atoms in total. The fraction of sp³-hybridized carbons (Fsp3) is 0.481. The average Bonchev–Trinajstić information content (AvgIpc) is 2.81. The number of rotatable bonds is 11. The molecule has 198 valence electrons. The summed E-state index contributed by atoms with van der Waals surface area (Å²) in [6.07, 6.45) is 1.46. The molecule has 1 atom stereocenters. The second-order valence-electron chi connectivity index (χ2n) is 9.75. The van der Waals surface area contributed by atoms with E-state index in [1.807, 2.05) is 38.1 Å². The predicted molar refractivity (Wildman–Crippen MR) is 144 cm³/mol. The molecule has 0 spiro atoms. The molecule has 2 rings (SSSR count).